The van der Waals surface area contributed by atoms with Crippen LogP contribution in [-0.4, -0.2) is 19.9 Å². The molecule has 3 aromatic heterocycles. The Labute approximate surface area is 99.1 Å². The Morgan fingerprint density at radius 1 is 1.38 bits per heavy atom. The average molecular weight is 249 g/mol. The van der Waals surface area contributed by atoms with Gasteiger partial charge in [0, 0.05) is 0 Å². The maximum absolute atomic E-state index is 5.63. The second kappa shape index (κ2) is 3.76. The SMILES string of the molecule is Nc1nc(Sc2cccs2)c2[nH]cnc2n1. The van der Waals surface area contributed by atoms with Crippen LogP contribution in [0.5, 0.6) is 0 Å². The topological polar surface area (TPSA) is 80.5 Å². The van der Waals surface area contributed by atoms with Gasteiger partial charge in [-0.25, -0.2) is 9.97 Å². The number of nitrogens with zero attached hydrogens (tertiary/aromatic N) is 3. The minimum atomic E-state index is 0.249. The van der Waals surface area contributed by atoms with Gasteiger partial charge in [-0.3, -0.25) is 0 Å². The van der Waals surface area contributed by atoms with E-state index in [1.54, 1.807) is 29.4 Å². The predicted molar refractivity (Wildman–Crippen MR) is 64.5 cm³/mol. The van der Waals surface area contributed by atoms with E-state index in [9.17, 15) is 0 Å². The molecule has 0 fully saturated rings. The lowest BCUT2D eigenvalue weighted by atomic mass is 10.5. The fourth-order valence-electron chi connectivity index (χ4n) is 1.31. The van der Waals surface area contributed by atoms with Crippen LogP contribution in [0.15, 0.2) is 33.1 Å². The molecule has 3 N–H and O–H groups in total. The quantitative estimate of drug-likeness (QED) is 0.680. The summed E-state index contributed by atoms with van der Waals surface area (Å²) in [4.78, 5) is 15.3. The van der Waals surface area contributed by atoms with Gasteiger partial charge in [-0.05, 0) is 11.4 Å². The summed E-state index contributed by atoms with van der Waals surface area (Å²) in [5.74, 6) is 0.249. The summed E-state index contributed by atoms with van der Waals surface area (Å²) in [6.07, 6.45) is 1.59. The van der Waals surface area contributed by atoms with E-state index < -0.39 is 0 Å². The van der Waals surface area contributed by atoms with Crippen LogP contribution >= 0.6 is 23.1 Å². The molecule has 3 heterocycles. The van der Waals surface area contributed by atoms with Crippen molar-refractivity contribution in [3.8, 4) is 0 Å². The second-order valence-corrected chi connectivity index (χ2v) is 5.26. The lowest BCUT2D eigenvalue weighted by Gasteiger charge is -2.00. The number of nitrogens with two attached hydrogens (primary N) is 1. The molecule has 0 aliphatic carbocycles. The van der Waals surface area contributed by atoms with Crippen LogP contribution in [0.1, 0.15) is 0 Å². The van der Waals surface area contributed by atoms with Crippen LogP contribution < -0.4 is 5.73 Å². The van der Waals surface area contributed by atoms with Crippen molar-refractivity contribution in [1.82, 2.24) is 19.9 Å². The molecule has 0 aliphatic heterocycles. The van der Waals surface area contributed by atoms with E-state index in [1.807, 2.05) is 17.5 Å². The smallest absolute Gasteiger partial charge is 0.223 e. The van der Waals surface area contributed by atoms with Gasteiger partial charge in [0.25, 0.3) is 0 Å². The van der Waals surface area contributed by atoms with Crippen molar-refractivity contribution >= 4 is 40.2 Å². The fraction of sp³-hybridized carbons (Fsp3) is 0. The Morgan fingerprint density at radius 2 is 2.31 bits per heavy atom. The number of fused-ring (bicyclic) bond motifs is 1. The molecular weight excluding hydrogens is 242 g/mol. The normalized spacial score (nSPS) is 11.0. The highest BCUT2D eigenvalue weighted by atomic mass is 32.2. The Morgan fingerprint density at radius 3 is 3.12 bits per heavy atom. The highest BCUT2D eigenvalue weighted by Crippen LogP contribution is 2.33. The van der Waals surface area contributed by atoms with Gasteiger partial charge in [0.15, 0.2) is 5.65 Å². The number of hydrogen-bond acceptors (Lipinski definition) is 6. The van der Waals surface area contributed by atoms with E-state index in [0.717, 1.165) is 14.8 Å². The Balaban J connectivity index is 2.11. The van der Waals surface area contributed by atoms with Gasteiger partial charge < -0.3 is 10.7 Å². The summed E-state index contributed by atoms with van der Waals surface area (Å²) in [6, 6.07) is 4.04. The van der Waals surface area contributed by atoms with Crippen molar-refractivity contribution in [3.63, 3.8) is 0 Å². The number of anilines is 1. The zero-order valence-corrected chi connectivity index (χ0v) is 9.68. The zero-order valence-electron chi connectivity index (χ0n) is 8.04. The number of aromatic amines is 1. The fourth-order valence-corrected chi connectivity index (χ4v) is 3.09. The number of nitrogen functional groups attached to an aromatic ring is 1. The molecule has 0 radical (unpaired) electrons. The lowest BCUT2D eigenvalue weighted by molar-refractivity contribution is 1.10. The Bertz CT molecular complexity index is 616. The molecule has 0 bridgehead atoms. The Hall–Kier alpha value is -1.60. The van der Waals surface area contributed by atoms with Crippen LogP contribution in [0.2, 0.25) is 0 Å². The molecule has 0 saturated heterocycles. The molecule has 0 atom stereocenters. The minimum Gasteiger partial charge on any atom is -0.368 e. The molecule has 0 aliphatic rings. The number of thiophene rings is 1. The van der Waals surface area contributed by atoms with Crippen molar-refractivity contribution in [1.29, 1.82) is 0 Å². The third kappa shape index (κ3) is 1.63. The first-order valence-corrected chi connectivity index (χ1v) is 6.20. The van der Waals surface area contributed by atoms with Crippen molar-refractivity contribution in [3.05, 3.63) is 23.8 Å². The van der Waals surface area contributed by atoms with Crippen LogP contribution in [0, 0.1) is 0 Å². The van der Waals surface area contributed by atoms with Crippen LogP contribution in [-0.2, 0) is 0 Å². The first-order chi connectivity index (χ1) is 7.83. The van der Waals surface area contributed by atoms with Gasteiger partial charge in [0.2, 0.25) is 5.95 Å². The molecule has 0 spiro atoms. The monoisotopic (exact) mass is 249 g/mol. The van der Waals surface area contributed by atoms with Crippen molar-refractivity contribution in [2.45, 2.75) is 9.24 Å². The van der Waals surface area contributed by atoms with E-state index in [4.69, 9.17) is 5.73 Å². The summed E-state index contributed by atoms with van der Waals surface area (Å²) in [5.41, 5.74) is 7.06. The first-order valence-electron chi connectivity index (χ1n) is 4.51. The molecule has 7 heteroatoms. The van der Waals surface area contributed by atoms with Crippen molar-refractivity contribution in [2.75, 3.05) is 5.73 Å². The van der Waals surface area contributed by atoms with Gasteiger partial charge in [0.1, 0.15) is 10.5 Å². The average Bonchev–Trinajstić information content (AvgIpc) is 2.87. The molecule has 5 nitrogen and oxygen atoms in total. The second-order valence-electron chi connectivity index (χ2n) is 3.02. The number of imidazole rings is 1. The Kier molecular flexibility index (Phi) is 2.26. The summed E-state index contributed by atoms with van der Waals surface area (Å²) >= 11 is 3.22. The lowest BCUT2D eigenvalue weighted by Crippen LogP contribution is -1.96. The summed E-state index contributed by atoms with van der Waals surface area (Å²) in [7, 11) is 0. The number of H-pyrrole nitrogens is 1. The molecule has 0 unspecified atom stereocenters. The van der Waals surface area contributed by atoms with Crippen LogP contribution in [0.4, 0.5) is 5.95 Å². The van der Waals surface area contributed by atoms with E-state index in [1.165, 1.54) is 0 Å². The highest BCUT2D eigenvalue weighted by Gasteiger charge is 2.10. The third-order valence-electron chi connectivity index (χ3n) is 1.96. The first kappa shape index (κ1) is 9.61. The summed E-state index contributed by atoms with van der Waals surface area (Å²) < 4.78 is 1.16. The van der Waals surface area contributed by atoms with Crippen LogP contribution in [0.25, 0.3) is 11.2 Å². The van der Waals surface area contributed by atoms with Crippen LogP contribution in [0.3, 0.4) is 0 Å². The molecule has 0 saturated carbocycles. The molecule has 80 valence electrons. The van der Waals surface area contributed by atoms with Gasteiger partial charge in [0.05, 0.1) is 10.5 Å². The largest absolute Gasteiger partial charge is 0.368 e. The molecule has 3 aromatic rings. The predicted octanol–water partition coefficient (Wildman–Crippen LogP) is 2.15. The zero-order chi connectivity index (χ0) is 11.0. The van der Waals surface area contributed by atoms with E-state index in [0.29, 0.717) is 5.65 Å². The standard InChI is InChI=1S/C9H7N5S2/c10-9-13-7-6(11-4-12-7)8(14-9)16-5-2-1-3-15-5/h1-4H,(H3,10,11,12,13,14). The number of hydrogen-bond donors (Lipinski definition) is 2. The molecule has 16 heavy (non-hydrogen) atoms. The minimum absolute atomic E-state index is 0.249. The number of rotatable bonds is 2. The molecule has 0 amide bonds. The maximum atomic E-state index is 5.63. The third-order valence-corrected chi connectivity index (χ3v) is 3.99. The summed E-state index contributed by atoms with van der Waals surface area (Å²) in [6.45, 7) is 0. The van der Waals surface area contributed by atoms with Gasteiger partial charge in [-0.2, -0.15) is 4.98 Å². The van der Waals surface area contributed by atoms with E-state index in [2.05, 4.69) is 19.9 Å². The molecular formula is C9H7N5S2. The summed E-state index contributed by atoms with van der Waals surface area (Å²) in [5, 5.41) is 2.83. The van der Waals surface area contributed by atoms with Gasteiger partial charge >= 0.3 is 0 Å². The maximum Gasteiger partial charge on any atom is 0.223 e. The van der Waals surface area contributed by atoms with E-state index in [-0.39, 0.29) is 5.95 Å². The molecule has 0 aromatic carbocycles. The molecule has 3 rings (SSSR count). The van der Waals surface area contributed by atoms with E-state index >= 15 is 0 Å². The number of nitrogens with one attached hydrogen (secondary N) is 1. The van der Waals surface area contributed by atoms with Gasteiger partial charge in [-0.1, -0.05) is 17.8 Å². The number of aromatic nitrogens is 4. The van der Waals surface area contributed by atoms with Crippen molar-refractivity contribution in [2.24, 2.45) is 0 Å². The highest BCUT2D eigenvalue weighted by molar-refractivity contribution is 8.01. The van der Waals surface area contributed by atoms with Gasteiger partial charge in [-0.15, -0.1) is 11.3 Å². The van der Waals surface area contributed by atoms with Crippen molar-refractivity contribution < 1.29 is 0 Å².